The highest BCUT2D eigenvalue weighted by atomic mass is 35.5. The van der Waals surface area contributed by atoms with Crippen LogP contribution in [0.2, 0.25) is 0 Å². The number of ether oxygens (including phenoxy) is 3. The minimum absolute atomic E-state index is 0. The van der Waals surface area contributed by atoms with Gasteiger partial charge in [0, 0.05) is 25.1 Å². The number of piperidine rings is 1. The predicted octanol–water partition coefficient (Wildman–Crippen LogP) is 4.87. The van der Waals surface area contributed by atoms with Crippen molar-refractivity contribution in [2.24, 2.45) is 11.8 Å². The first-order valence-electron chi connectivity index (χ1n) is 10.2. The zero-order valence-electron chi connectivity index (χ0n) is 16.4. The van der Waals surface area contributed by atoms with Crippen LogP contribution in [-0.2, 0) is 0 Å². The molecule has 0 spiro atoms. The summed E-state index contributed by atoms with van der Waals surface area (Å²) in [5.41, 5.74) is 1.21. The van der Waals surface area contributed by atoms with Gasteiger partial charge >= 0.3 is 0 Å². The summed E-state index contributed by atoms with van der Waals surface area (Å²) in [5, 5.41) is 0. The summed E-state index contributed by atoms with van der Waals surface area (Å²) in [4.78, 5) is 2.59. The molecule has 1 saturated carbocycles. The lowest BCUT2D eigenvalue weighted by Gasteiger charge is -2.39. The van der Waals surface area contributed by atoms with Gasteiger partial charge in [-0.2, -0.15) is 0 Å². The molecule has 2 atom stereocenters. The van der Waals surface area contributed by atoms with Crippen LogP contribution in [0.4, 0.5) is 4.39 Å². The van der Waals surface area contributed by atoms with E-state index in [1.807, 2.05) is 30.3 Å². The minimum atomic E-state index is -0.178. The third kappa shape index (κ3) is 4.78. The third-order valence-corrected chi connectivity index (χ3v) is 6.14. The lowest BCUT2D eigenvalue weighted by Crippen LogP contribution is -2.42. The van der Waals surface area contributed by atoms with Crippen molar-refractivity contribution in [1.29, 1.82) is 0 Å². The van der Waals surface area contributed by atoms with E-state index < -0.39 is 0 Å². The van der Waals surface area contributed by atoms with Crippen LogP contribution in [0.15, 0.2) is 42.5 Å². The quantitative estimate of drug-likeness (QED) is 0.668. The van der Waals surface area contributed by atoms with Crippen LogP contribution in [0.1, 0.15) is 30.7 Å². The van der Waals surface area contributed by atoms with E-state index in [9.17, 15) is 4.39 Å². The van der Waals surface area contributed by atoms with Crippen LogP contribution in [0.25, 0.3) is 0 Å². The van der Waals surface area contributed by atoms with Crippen LogP contribution in [0.5, 0.6) is 17.2 Å². The molecule has 0 unspecified atom stereocenters. The van der Waals surface area contributed by atoms with Crippen molar-refractivity contribution >= 4 is 12.4 Å². The molecular formula is C23H27ClFNO3. The maximum Gasteiger partial charge on any atom is 0.231 e. The zero-order chi connectivity index (χ0) is 18.9. The number of benzene rings is 2. The summed E-state index contributed by atoms with van der Waals surface area (Å²) in [6.45, 7) is 4.26. The van der Waals surface area contributed by atoms with Crippen molar-refractivity contribution < 1.29 is 18.6 Å². The molecule has 2 aromatic carbocycles. The predicted molar refractivity (Wildman–Crippen MR) is 112 cm³/mol. The van der Waals surface area contributed by atoms with Crippen molar-refractivity contribution in [3.05, 3.63) is 53.8 Å². The molecule has 0 N–H and O–H groups in total. The highest BCUT2D eigenvalue weighted by molar-refractivity contribution is 5.85. The molecule has 0 amide bonds. The number of rotatable bonds is 6. The van der Waals surface area contributed by atoms with E-state index in [4.69, 9.17) is 14.2 Å². The van der Waals surface area contributed by atoms with Crippen LogP contribution in [-0.4, -0.2) is 37.9 Å². The van der Waals surface area contributed by atoms with Gasteiger partial charge in [-0.3, -0.25) is 0 Å². The second-order valence-electron chi connectivity index (χ2n) is 8.24. The Bertz CT molecular complexity index is 827. The Kier molecular flexibility index (Phi) is 6.16. The molecule has 0 aromatic heterocycles. The molecule has 3 aliphatic rings. The SMILES string of the molecule is Cl.Fc1ccc([C@@H]2CCN(CC3CC3)C[C@H]2COc2ccc3c(c2)OCO3)cc1. The van der Waals surface area contributed by atoms with E-state index in [0.29, 0.717) is 18.4 Å². The summed E-state index contributed by atoms with van der Waals surface area (Å²) in [6, 6.07) is 12.7. The molecule has 1 saturated heterocycles. The molecule has 0 bridgehead atoms. The van der Waals surface area contributed by atoms with Gasteiger partial charge in [0.25, 0.3) is 0 Å². The first-order chi connectivity index (χ1) is 13.7. The lowest BCUT2D eigenvalue weighted by molar-refractivity contribution is 0.107. The molecule has 156 valence electrons. The Morgan fingerprint density at radius 1 is 1.00 bits per heavy atom. The number of nitrogens with zero attached hydrogens (tertiary/aromatic N) is 1. The average molecular weight is 420 g/mol. The lowest BCUT2D eigenvalue weighted by atomic mass is 9.80. The molecule has 2 aromatic rings. The smallest absolute Gasteiger partial charge is 0.231 e. The summed E-state index contributed by atoms with van der Waals surface area (Å²) in [5.74, 6) is 3.80. The van der Waals surface area contributed by atoms with Gasteiger partial charge in [-0.15, -0.1) is 12.4 Å². The number of hydrogen-bond acceptors (Lipinski definition) is 4. The molecule has 0 radical (unpaired) electrons. The van der Waals surface area contributed by atoms with Gasteiger partial charge in [0.15, 0.2) is 11.5 Å². The summed E-state index contributed by atoms with van der Waals surface area (Å²) < 4.78 is 30.4. The molecule has 4 nitrogen and oxygen atoms in total. The molecule has 2 fully saturated rings. The number of likely N-dealkylation sites (tertiary alicyclic amines) is 1. The minimum Gasteiger partial charge on any atom is -0.493 e. The van der Waals surface area contributed by atoms with E-state index in [1.165, 1.54) is 24.9 Å². The summed E-state index contributed by atoms with van der Waals surface area (Å²) in [6.07, 6.45) is 3.83. The van der Waals surface area contributed by atoms with E-state index in [2.05, 4.69) is 4.90 Å². The molecule has 29 heavy (non-hydrogen) atoms. The highest BCUT2D eigenvalue weighted by Crippen LogP contribution is 2.38. The van der Waals surface area contributed by atoms with Crippen molar-refractivity contribution in [3.8, 4) is 17.2 Å². The van der Waals surface area contributed by atoms with Crippen molar-refractivity contribution in [2.45, 2.75) is 25.2 Å². The Morgan fingerprint density at radius 3 is 2.59 bits per heavy atom. The fraction of sp³-hybridized carbons (Fsp3) is 0.478. The first kappa shape index (κ1) is 20.3. The Balaban J connectivity index is 0.00000205. The van der Waals surface area contributed by atoms with Crippen molar-refractivity contribution in [2.75, 3.05) is 33.0 Å². The van der Waals surface area contributed by atoms with Gasteiger partial charge in [-0.05, 0) is 67.5 Å². The number of hydrogen-bond donors (Lipinski definition) is 0. The van der Waals surface area contributed by atoms with E-state index in [1.54, 1.807) is 12.1 Å². The fourth-order valence-electron chi connectivity index (χ4n) is 4.43. The maximum absolute atomic E-state index is 13.4. The molecule has 6 heteroatoms. The molecule has 2 heterocycles. The van der Waals surface area contributed by atoms with Gasteiger partial charge in [0.1, 0.15) is 11.6 Å². The monoisotopic (exact) mass is 419 g/mol. The standard InChI is InChI=1S/C23H26FNO3.ClH/c24-19-5-3-17(4-6-19)21-9-10-25(12-16-1-2-16)13-18(21)14-26-20-7-8-22-23(11-20)28-15-27-22;/h3-8,11,16,18,21H,1-2,9-10,12-15H2;1H/t18-,21-;/m0./s1. The fourth-order valence-corrected chi connectivity index (χ4v) is 4.43. The zero-order valence-corrected chi connectivity index (χ0v) is 17.2. The van der Waals surface area contributed by atoms with Crippen LogP contribution in [0, 0.1) is 17.7 Å². The van der Waals surface area contributed by atoms with Crippen LogP contribution < -0.4 is 14.2 Å². The third-order valence-electron chi connectivity index (χ3n) is 6.14. The van der Waals surface area contributed by atoms with Gasteiger partial charge in [-0.1, -0.05) is 12.1 Å². The molecule has 2 aliphatic heterocycles. The Morgan fingerprint density at radius 2 is 1.79 bits per heavy atom. The highest BCUT2D eigenvalue weighted by Gasteiger charge is 2.33. The van der Waals surface area contributed by atoms with Gasteiger partial charge in [0.05, 0.1) is 6.61 Å². The second kappa shape index (κ2) is 8.80. The van der Waals surface area contributed by atoms with Crippen molar-refractivity contribution in [1.82, 2.24) is 4.90 Å². The topological polar surface area (TPSA) is 30.9 Å². The maximum atomic E-state index is 13.4. The second-order valence-corrected chi connectivity index (χ2v) is 8.24. The van der Waals surface area contributed by atoms with Crippen LogP contribution >= 0.6 is 12.4 Å². The number of fused-ring (bicyclic) bond motifs is 1. The molecule has 1 aliphatic carbocycles. The Labute approximate surface area is 177 Å². The van der Waals surface area contributed by atoms with Crippen molar-refractivity contribution in [3.63, 3.8) is 0 Å². The van der Waals surface area contributed by atoms with Crippen LogP contribution in [0.3, 0.4) is 0 Å². The Hall–Kier alpha value is -1.98. The average Bonchev–Trinajstić information content (AvgIpc) is 3.40. The van der Waals surface area contributed by atoms with E-state index >= 15 is 0 Å². The number of halogens is 2. The van der Waals surface area contributed by atoms with Gasteiger partial charge < -0.3 is 19.1 Å². The molecular weight excluding hydrogens is 393 g/mol. The van der Waals surface area contributed by atoms with E-state index in [-0.39, 0.29) is 25.0 Å². The van der Waals surface area contributed by atoms with Gasteiger partial charge in [-0.25, -0.2) is 4.39 Å². The first-order valence-corrected chi connectivity index (χ1v) is 10.2. The molecule has 5 rings (SSSR count). The van der Waals surface area contributed by atoms with Gasteiger partial charge in [0.2, 0.25) is 6.79 Å². The summed E-state index contributed by atoms with van der Waals surface area (Å²) >= 11 is 0. The summed E-state index contributed by atoms with van der Waals surface area (Å²) in [7, 11) is 0. The van der Waals surface area contributed by atoms with E-state index in [0.717, 1.165) is 42.7 Å². The normalized spacial score (nSPS) is 23.5. The largest absolute Gasteiger partial charge is 0.493 e.